The number of carbonyl (C=O) groups is 8. The van der Waals surface area contributed by atoms with Crippen molar-refractivity contribution in [1.82, 2.24) is 36.0 Å². The molecule has 4 N–H and O–H groups in total. The summed E-state index contributed by atoms with van der Waals surface area (Å²) in [6.45, 7) is 17.3. The van der Waals surface area contributed by atoms with Gasteiger partial charge in [0.15, 0.2) is 6.10 Å². The number of nitrogens with zero attached hydrogens (tertiary/aromatic N) is 3. The summed E-state index contributed by atoms with van der Waals surface area (Å²) in [5.74, 6) is -6.09. The number of hydrogen-bond acceptors (Lipinski definition) is 12. The summed E-state index contributed by atoms with van der Waals surface area (Å²) in [4.78, 5) is 114. The standard InChI is InChI=1S/C49H77N7O11/c1-15-30(5)41-44(59)52-35(10)48(63)67-42(31(6)16-2)33(8)38(66-49(64)54(12)25-24-50-11)23-22-32(7)47(62)65-39(26-29(3)4)43(58)51-34(9)45(60)56(14)37(27-36-20-18-17-19-21-36)46(61)55(13)28-40(57)53-41/h16-22,29-30,33-35,37-39,41-42,50H,15,23-28H2,1-14H3,(H,51,58)(H,52,59)(H,53,57)/b31-16+,32-22+/t30?,33-,34-,35+,37?,38-,39+,41-,42+/m0/s1. The molecule has 9 atom stereocenters. The molecule has 18 nitrogen and oxygen atoms in total. The van der Waals surface area contributed by atoms with E-state index in [-0.39, 0.29) is 30.8 Å². The topological polar surface area (TPSA) is 222 Å². The number of allylic oxidation sites excluding steroid dienone is 1. The number of hydrogen-bond donors (Lipinski definition) is 4. The number of benzene rings is 1. The maximum Gasteiger partial charge on any atom is 0.409 e. The number of likely N-dealkylation sites (N-methyl/N-ethyl adjacent to an activating group) is 4. The van der Waals surface area contributed by atoms with Crippen molar-refractivity contribution in [1.29, 1.82) is 0 Å². The molecule has 374 valence electrons. The Morgan fingerprint density at radius 3 is 2.15 bits per heavy atom. The third-order valence-electron chi connectivity index (χ3n) is 12.1. The van der Waals surface area contributed by atoms with E-state index in [1.807, 2.05) is 26.8 Å². The largest absolute Gasteiger partial charge is 0.456 e. The Balaban J connectivity index is 2.74. The Morgan fingerprint density at radius 1 is 0.940 bits per heavy atom. The lowest BCUT2D eigenvalue weighted by Gasteiger charge is -2.33. The molecule has 1 aromatic rings. The molecule has 0 aliphatic carbocycles. The molecular weight excluding hydrogens is 863 g/mol. The zero-order valence-electron chi connectivity index (χ0n) is 42.1. The van der Waals surface area contributed by atoms with Crippen LogP contribution in [0.4, 0.5) is 4.79 Å². The molecule has 0 spiro atoms. The molecule has 0 saturated carbocycles. The number of amides is 6. The number of carbonyl (C=O) groups excluding carboxylic acids is 8. The van der Waals surface area contributed by atoms with Gasteiger partial charge in [0, 0.05) is 58.6 Å². The van der Waals surface area contributed by atoms with Crippen LogP contribution in [0.15, 0.2) is 53.6 Å². The van der Waals surface area contributed by atoms with Crippen LogP contribution in [-0.2, 0) is 54.2 Å². The number of esters is 2. The highest BCUT2D eigenvalue weighted by Gasteiger charge is 2.38. The third-order valence-corrected chi connectivity index (χ3v) is 12.1. The number of rotatable bonds is 11. The Kier molecular flexibility index (Phi) is 23.8. The molecule has 1 aromatic carbocycles. The predicted molar refractivity (Wildman–Crippen MR) is 254 cm³/mol. The fourth-order valence-electron chi connectivity index (χ4n) is 7.28. The summed E-state index contributed by atoms with van der Waals surface area (Å²) in [5.41, 5.74) is 1.45. The van der Waals surface area contributed by atoms with Gasteiger partial charge in [-0.15, -0.1) is 0 Å². The van der Waals surface area contributed by atoms with E-state index >= 15 is 0 Å². The van der Waals surface area contributed by atoms with E-state index in [9.17, 15) is 38.4 Å². The van der Waals surface area contributed by atoms with Crippen LogP contribution in [0.5, 0.6) is 0 Å². The van der Waals surface area contributed by atoms with Crippen molar-refractivity contribution >= 4 is 47.6 Å². The Bertz CT molecular complexity index is 1920. The number of nitrogens with one attached hydrogen (secondary N) is 4. The second-order valence-electron chi connectivity index (χ2n) is 18.1. The van der Waals surface area contributed by atoms with Crippen molar-refractivity contribution in [2.75, 3.05) is 47.8 Å². The summed E-state index contributed by atoms with van der Waals surface area (Å²) in [6.07, 6.45) is -0.00199. The first-order chi connectivity index (χ1) is 31.5. The average molecular weight is 940 g/mol. The predicted octanol–water partition coefficient (Wildman–Crippen LogP) is 3.53. The maximum atomic E-state index is 14.2. The van der Waals surface area contributed by atoms with E-state index in [1.54, 1.807) is 72.1 Å². The quantitative estimate of drug-likeness (QED) is 0.142. The van der Waals surface area contributed by atoms with Gasteiger partial charge in [-0.2, -0.15) is 0 Å². The van der Waals surface area contributed by atoms with E-state index in [1.165, 1.54) is 50.7 Å². The lowest BCUT2D eigenvalue weighted by molar-refractivity contribution is -0.155. The number of ether oxygens (including phenoxy) is 3. The van der Waals surface area contributed by atoms with E-state index < -0.39 is 108 Å². The normalized spacial score (nSPS) is 26.6. The summed E-state index contributed by atoms with van der Waals surface area (Å²) in [6, 6.07) is 4.38. The minimum Gasteiger partial charge on any atom is -0.456 e. The van der Waals surface area contributed by atoms with Gasteiger partial charge in [-0.05, 0) is 71.1 Å². The van der Waals surface area contributed by atoms with Crippen molar-refractivity contribution < 1.29 is 52.6 Å². The molecule has 0 saturated heterocycles. The van der Waals surface area contributed by atoms with Crippen molar-refractivity contribution in [3.05, 3.63) is 59.2 Å². The van der Waals surface area contributed by atoms with Gasteiger partial charge in [-0.1, -0.05) is 83.5 Å². The zero-order valence-corrected chi connectivity index (χ0v) is 42.1. The average Bonchev–Trinajstić information content (AvgIpc) is 3.29. The van der Waals surface area contributed by atoms with Crippen molar-refractivity contribution in [2.24, 2.45) is 17.8 Å². The van der Waals surface area contributed by atoms with Crippen molar-refractivity contribution in [2.45, 2.75) is 137 Å². The summed E-state index contributed by atoms with van der Waals surface area (Å²) < 4.78 is 17.9. The SMILES string of the molecule is C/C=C(\C)[C@H]1OC(=O)[C@@H](C)NC(=O)[C@H](C(C)CC)NC(=O)CN(C)C(=O)C(Cc2ccccc2)N(C)C(=O)[C@H](C)NC(=O)[C@@H](CC(C)C)OC(=O)/C(C)=C/C[C@H](OC(=O)N(C)CCNC)[C@@H]1C. The molecule has 0 radical (unpaired) electrons. The molecule has 2 rings (SSSR count). The van der Waals surface area contributed by atoms with E-state index in [0.717, 1.165) is 10.5 Å². The minimum absolute atomic E-state index is 0.0295. The maximum absolute atomic E-state index is 14.2. The molecule has 2 unspecified atom stereocenters. The van der Waals surface area contributed by atoms with Gasteiger partial charge < -0.3 is 50.2 Å². The van der Waals surface area contributed by atoms with E-state index in [4.69, 9.17) is 14.2 Å². The van der Waals surface area contributed by atoms with Crippen LogP contribution in [0.2, 0.25) is 0 Å². The monoisotopic (exact) mass is 940 g/mol. The Hall–Kier alpha value is -5.78. The Morgan fingerprint density at radius 2 is 1.57 bits per heavy atom. The summed E-state index contributed by atoms with van der Waals surface area (Å²) >= 11 is 0. The van der Waals surface area contributed by atoms with Gasteiger partial charge >= 0.3 is 18.0 Å². The summed E-state index contributed by atoms with van der Waals surface area (Å²) in [7, 11) is 6.17. The first kappa shape index (κ1) is 57.3. The van der Waals surface area contributed by atoms with Crippen LogP contribution >= 0.6 is 0 Å². The number of cyclic esters (lactones) is 2. The molecule has 1 aliphatic heterocycles. The molecule has 0 fully saturated rings. The molecule has 18 heteroatoms. The molecule has 0 aromatic heterocycles. The fourth-order valence-corrected chi connectivity index (χ4v) is 7.28. The highest BCUT2D eigenvalue weighted by Crippen LogP contribution is 2.26. The lowest BCUT2D eigenvalue weighted by Crippen LogP contribution is -2.57. The third kappa shape index (κ3) is 17.8. The molecule has 67 heavy (non-hydrogen) atoms. The van der Waals surface area contributed by atoms with Gasteiger partial charge in [-0.3, -0.25) is 24.0 Å². The van der Waals surface area contributed by atoms with E-state index in [0.29, 0.717) is 25.1 Å². The van der Waals surface area contributed by atoms with Crippen LogP contribution in [0.1, 0.15) is 94.1 Å². The Labute approximate surface area is 397 Å². The summed E-state index contributed by atoms with van der Waals surface area (Å²) in [5, 5.41) is 11.1. The lowest BCUT2D eigenvalue weighted by atomic mass is 9.90. The fraction of sp³-hybridized carbons (Fsp3) is 0.633. The van der Waals surface area contributed by atoms with Crippen LogP contribution in [-0.4, -0.2) is 153 Å². The minimum atomic E-state index is -1.31. The first-order valence-electron chi connectivity index (χ1n) is 23.2. The highest BCUT2D eigenvalue weighted by atomic mass is 16.6. The van der Waals surface area contributed by atoms with Gasteiger partial charge in [0.2, 0.25) is 23.6 Å². The van der Waals surface area contributed by atoms with E-state index in [2.05, 4.69) is 21.3 Å². The van der Waals surface area contributed by atoms with Gasteiger partial charge in [0.1, 0.15) is 36.4 Å². The van der Waals surface area contributed by atoms with Crippen LogP contribution in [0.25, 0.3) is 0 Å². The molecule has 1 heterocycles. The van der Waals surface area contributed by atoms with Crippen molar-refractivity contribution in [3.63, 3.8) is 0 Å². The van der Waals surface area contributed by atoms with Crippen LogP contribution < -0.4 is 21.3 Å². The van der Waals surface area contributed by atoms with Crippen LogP contribution in [0.3, 0.4) is 0 Å². The van der Waals surface area contributed by atoms with Crippen molar-refractivity contribution in [3.8, 4) is 0 Å². The highest BCUT2D eigenvalue weighted by molar-refractivity contribution is 5.96. The second-order valence-corrected chi connectivity index (χ2v) is 18.1. The zero-order chi connectivity index (χ0) is 50.7. The van der Waals surface area contributed by atoms with Gasteiger partial charge in [0.05, 0.1) is 6.54 Å². The molecule has 0 bridgehead atoms. The first-order valence-corrected chi connectivity index (χ1v) is 23.2. The molecular formula is C49H77N7O11. The molecule has 1 aliphatic rings. The van der Waals surface area contributed by atoms with Crippen LogP contribution in [0, 0.1) is 17.8 Å². The van der Waals surface area contributed by atoms with Gasteiger partial charge in [0.25, 0.3) is 5.91 Å². The smallest absolute Gasteiger partial charge is 0.409 e. The van der Waals surface area contributed by atoms with Gasteiger partial charge in [-0.25, -0.2) is 14.4 Å². The second kappa shape index (κ2) is 27.8. The molecule has 6 amide bonds.